The minimum atomic E-state index is 0.713. The third-order valence-electron chi connectivity index (χ3n) is 10.5. The maximum atomic E-state index is 5.32. The highest BCUT2D eigenvalue weighted by Crippen LogP contribution is 2.43. The third-order valence-corrected chi connectivity index (χ3v) is 10.5. The summed E-state index contributed by atoms with van der Waals surface area (Å²) in [5.74, 6) is 0.713. The molecular weight excluding hydrogens is 633 g/mol. The van der Waals surface area contributed by atoms with E-state index in [1.54, 1.807) is 0 Å². The van der Waals surface area contributed by atoms with Crippen molar-refractivity contribution in [1.29, 1.82) is 0 Å². The summed E-state index contributed by atoms with van der Waals surface area (Å²) in [4.78, 5) is 10.5. The van der Waals surface area contributed by atoms with E-state index in [0.29, 0.717) is 5.82 Å². The number of rotatable bonds is 4. The van der Waals surface area contributed by atoms with Crippen LogP contribution in [0.5, 0.6) is 0 Å². The van der Waals surface area contributed by atoms with Crippen molar-refractivity contribution in [3.8, 4) is 34.0 Å². The van der Waals surface area contributed by atoms with Gasteiger partial charge in [-0.3, -0.25) is 0 Å². The summed E-state index contributed by atoms with van der Waals surface area (Å²) >= 11 is 0. The summed E-state index contributed by atoms with van der Waals surface area (Å²) in [5, 5.41) is 8.28. The fourth-order valence-electron chi connectivity index (χ4n) is 8.27. The second-order valence-corrected chi connectivity index (χ2v) is 13.4. The fourth-order valence-corrected chi connectivity index (χ4v) is 8.27. The molecule has 0 saturated heterocycles. The van der Waals surface area contributed by atoms with E-state index in [9.17, 15) is 0 Å². The summed E-state index contributed by atoms with van der Waals surface area (Å²) in [6.07, 6.45) is 0. The lowest BCUT2D eigenvalue weighted by Crippen LogP contribution is -1.99. The molecule has 0 fully saturated rings. The van der Waals surface area contributed by atoms with Gasteiger partial charge in [0.1, 0.15) is 0 Å². The molecule has 11 aromatic rings. The van der Waals surface area contributed by atoms with Gasteiger partial charge in [0, 0.05) is 49.4 Å². The van der Waals surface area contributed by atoms with Crippen LogP contribution in [0, 0.1) is 0 Å². The predicted molar refractivity (Wildman–Crippen MR) is 217 cm³/mol. The van der Waals surface area contributed by atoms with Gasteiger partial charge in [-0.05, 0) is 65.4 Å². The van der Waals surface area contributed by atoms with Crippen molar-refractivity contribution in [3.05, 3.63) is 182 Å². The Kier molecular flexibility index (Phi) is 6.22. The van der Waals surface area contributed by atoms with Crippen LogP contribution in [0.3, 0.4) is 0 Å². The first-order chi connectivity index (χ1) is 25.8. The Bertz CT molecular complexity index is 3170. The van der Waals surface area contributed by atoms with Gasteiger partial charge in [0.15, 0.2) is 5.82 Å². The maximum Gasteiger partial charge on any atom is 0.161 e. The summed E-state index contributed by atoms with van der Waals surface area (Å²) in [6, 6.07) is 64.8. The molecule has 4 heteroatoms. The molecule has 0 amide bonds. The number of benzene rings is 8. The zero-order chi connectivity index (χ0) is 34.2. The Morgan fingerprint density at radius 1 is 0.365 bits per heavy atom. The molecular formula is C48H30N4. The molecule has 0 aliphatic rings. The molecule has 4 nitrogen and oxygen atoms in total. The Labute approximate surface area is 299 Å². The zero-order valence-electron chi connectivity index (χ0n) is 28.1. The lowest BCUT2D eigenvalue weighted by atomic mass is 10.0. The molecule has 0 N–H and O–H groups in total. The molecule has 8 aromatic carbocycles. The van der Waals surface area contributed by atoms with Crippen LogP contribution in [0.2, 0.25) is 0 Å². The Morgan fingerprint density at radius 2 is 0.904 bits per heavy atom. The van der Waals surface area contributed by atoms with E-state index < -0.39 is 0 Å². The topological polar surface area (TPSA) is 35.6 Å². The summed E-state index contributed by atoms with van der Waals surface area (Å²) in [6.45, 7) is 0. The van der Waals surface area contributed by atoms with Gasteiger partial charge in [-0.1, -0.05) is 127 Å². The van der Waals surface area contributed by atoms with Gasteiger partial charge in [0.25, 0.3) is 0 Å². The van der Waals surface area contributed by atoms with Gasteiger partial charge in [-0.2, -0.15) is 0 Å². The van der Waals surface area contributed by atoms with Gasteiger partial charge >= 0.3 is 0 Å². The summed E-state index contributed by atoms with van der Waals surface area (Å²) < 4.78 is 4.82. The molecule has 0 radical (unpaired) electrons. The SMILES string of the molecule is c1ccc(-c2nc(-c3cc(-n4c5ccccc5c5c6c7ccccc7n(-c7ccccc7)c6ccc54)cc4ccccc34)nc3ccccc23)cc1. The summed E-state index contributed by atoms with van der Waals surface area (Å²) in [7, 11) is 0. The lowest BCUT2D eigenvalue weighted by molar-refractivity contribution is 1.17. The second-order valence-electron chi connectivity index (χ2n) is 13.4. The molecule has 0 saturated carbocycles. The van der Waals surface area contributed by atoms with E-state index in [1.165, 1.54) is 32.6 Å². The minimum Gasteiger partial charge on any atom is -0.309 e. The van der Waals surface area contributed by atoms with Crippen LogP contribution >= 0.6 is 0 Å². The van der Waals surface area contributed by atoms with Crippen molar-refractivity contribution in [2.45, 2.75) is 0 Å². The summed E-state index contributed by atoms with van der Waals surface area (Å²) in [5.41, 5.74) is 10.9. The highest BCUT2D eigenvalue weighted by atomic mass is 15.0. The molecule has 0 atom stereocenters. The van der Waals surface area contributed by atoms with Crippen molar-refractivity contribution in [2.75, 3.05) is 0 Å². The molecule has 3 heterocycles. The van der Waals surface area contributed by atoms with Crippen LogP contribution in [-0.2, 0) is 0 Å². The van der Waals surface area contributed by atoms with E-state index in [1.807, 2.05) is 6.07 Å². The Morgan fingerprint density at radius 3 is 1.60 bits per heavy atom. The van der Waals surface area contributed by atoms with Gasteiger partial charge in [0.2, 0.25) is 0 Å². The van der Waals surface area contributed by atoms with Crippen molar-refractivity contribution in [1.82, 2.24) is 19.1 Å². The Balaban J connectivity index is 1.23. The van der Waals surface area contributed by atoms with Crippen LogP contribution in [0.15, 0.2) is 182 Å². The highest BCUT2D eigenvalue weighted by Gasteiger charge is 2.22. The van der Waals surface area contributed by atoms with E-state index in [-0.39, 0.29) is 0 Å². The average molecular weight is 663 g/mol. The van der Waals surface area contributed by atoms with E-state index in [2.05, 4.69) is 185 Å². The number of hydrogen-bond acceptors (Lipinski definition) is 2. The second kappa shape index (κ2) is 11.2. The van der Waals surface area contributed by atoms with Gasteiger partial charge < -0.3 is 9.13 Å². The third kappa shape index (κ3) is 4.21. The van der Waals surface area contributed by atoms with Gasteiger partial charge in [-0.25, -0.2) is 9.97 Å². The van der Waals surface area contributed by atoms with Crippen molar-refractivity contribution in [3.63, 3.8) is 0 Å². The monoisotopic (exact) mass is 662 g/mol. The van der Waals surface area contributed by atoms with E-state index >= 15 is 0 Å². The number of aromatic nitrogens is 4. The average Bonchev–Trinajstić information content (AvgIpc) is 3.73. The van der Waals surface area contributed by atoms with Gasteiger partial charge in [0.05, 0.1) is 33.3 Å². The molecule has 0 unspecified atom stereocenters. The molecule has 0 spiro atoms. The van der Waals surface area contributed by atoms with Crippen LogP contribution in [-0.4, -0.2) is 19.1 Å². The molecule has 0 aliphatic carbocycles. The Hall–Kier alpha value is -7.04. The maximum absolute atomic E-state index is 5.32. The molecule has 11 rings (SSSR count). The van der Waals surface area contributed by atoms with E-state index in [0.717, 1.165) is 60.9 Å². The van der Waals surface area contributed by atoms with Gasteiger partial charge in [-0.15, -0.1) is 0 Å². The van der Waals surface area contributed by atoms with Crippen LogP contribution in [0.1, 0.15) is 0 Å². The first-order valence-electron chi connectivity index (χ1n) is 17.7. The molecule has 0 bridgehead atoms. The largest absolute Gasteiger partial charge is 0.309 e. The number of fused-ring (bicyclic) bond motifs is 9. The standard InChI is InChI=1S/C48H30N4/c1-3-15-31(16-4-1)47-36-21-9-12-24-40(36)49-48(50-47)39-30-34(29-32-17-7-8-20-35(32)39)52-42-26-14-11-23-38(42)46-44(52)28-27-43-45(46)37-22-10-13-25-41(37)51(43)33-18-5-2-6-19-33/h1-30H. The van der Waals surface area contributed by atoms with E-state index in [4.69, 9.17) is 9.97 Å². The minimum absolute atomic E-state index is 0.713. The first kappa shape index (κ1) is 28.8. The fraction of sp³-hybridized carbons (Fsp3) is 0. The molecule has 0 aliphatic heterocycles. The van der Waals surface area contributed by atoms with Crippen LogP contribution in [0.4, 0.5) is 0 Å². The van der Waals surface area contributed by atoms with Crippen molar-refractivity contribution >= 4 is 65.3 Å². The quantitative estimate of drug-likeness (QED) is 0.188. The number of hydrogen-bond donors (Lipinski definition) is 0. The van der Waals surface area contributed by atoms with Crippen molar-refractivity contribution < 1.29 is 0 Å². The van der Waals surface area contributed by atoms with Crippen LogP contribution < -0.4 is 0 Å². The molecule has 3 aromatic heterocycles. The lowest BCUT2D eigenvalue weighted by Gasteiger charge is -2.15. The smallest absolute Gasteiger partial charge is 0.161 e. The number of para-hydroxylation sites is 4. The molecule has 242 valence electrons. The normalized spacial score (nSPS) is 11.8. The number of nitrogens with zero attached hydrogens (tertiary/aromatic N) is 4. The first-order valence-corrected chi connectivity index (χ1v) is 17.7. The predicted octanol–water partition coefficient (Wildman–Crippen LogP) is 12.3. The molecule has 52 heavy (non-hydrogen) atoms. The van der Waals surface area contributed by atoms with Crippen molar-refractivity contribution in [2.24, 2.45) is 0 Å². The van der Waals surface area contributed by atoms with Crippen LogP contribution in [0.25, 0.3) is 99.3 Å². The highest BCUT2D eigenvalue weighted by molar-refractivity contribution is 6.29. The zero-order valence-corrected chi connectivity index (χ0v) is 28.1.